The summed E-state index contributed by atoms with van der Waals surface area (Å²) in [6.45, 7) is 12.9. The van der Waals surface area contributed by atoms with Gasteiger partial charge in [0, 0.05) is 13.8 Å². The molecule has 0 atom stereocenters. The first-order chi connectivity index (χ1) is 16.3. The van der Waals surface area contributed by atoms with Gasteiger partial charge in [-0.3, -0.25) is 9.59 Å². The second-order valence-electron chi connectivity index (χ2n) is 9.92. The predicted octanol–water partition coefficient (Wildman–Crippen LogP) is 9.29. The van der Waals surface area contributed by atoms with E-state index >= 15 is 0 Å². The van der Waals surface area contributed by atoms with Crippen molar-refractivity contribution >= 4 is 33.5 Å². The van der Waals surface area contributed by atoms with E-state index in [1.54, 1.807) is 0 Å². The van der Waals surface area contributed by atoms with Gasteiger partial charge in [0.25, 0.3) is 0 Å². The number of carbonyl (C=O) groups is 2. The maximum atomic E-state index is 11.8. The molecule has 0 fully saturated rings. The number of rotatable bonds is 23. The van der Waals surface area contributed by atoms with Gasteiger partial charge in [-0.15, -0.1) is 0 Å². The first-order valence-electron chi connectivity index (χ1n) is 13.9. The summed E-state index contributed by atoms with van der Waals surface area (Å²) in [6.07, 6.45) is 18.4. The molecule has 0 aromatic heterocycles. The molecule has 0 spiro atoms. The predicted molar refractivity (Wildman–Crippen MR) is 150 cm³/mol. The molecule has 0 aliphatic heterocycles. The van der Waals surface area contributed by atoms with E-state index in [2.05, 4.69) is 27.7 Å². The molecule has 202 valence electrons. The summed E-state index contributed by atoms with van der Waals surface area (Å²) >= 11 is 0. The molecule has 0 aromatic rings. The van der Waals surface area contributed by atoms with Crippen LogP contribution in [-0.2, 0) is 19.1 Å². The number of esters is 2. The largest absolute Gasteiger partial charge is 0.464 e. The Morgan fingerprint density at radius 3 is 1.00 bits per heavy atom. The third-order valence-electron chi connectivity index (χ3n) is 6.42. The van der Waals surface area contributed by atoms with E-state index in [1.165, 1.54) is 65.2 Å². The van der Waals surface area contributed by atoms with Crippen LogP contribution >= 0.6 is 21.6 Å². The Kier molecular flexibility index (Phi) is 20.6. The van der Waals surface area contributed by atoms with E-state index in [9.17, 15) is 9.59 Å². The van der Waals surface area contributed by atoms with E-state index in [1.807, 2.05) is 21.6 Å². The summed E-state index contributed by atoms with van der Waals surface area (Å²) in [7, 11) is 3.87. The molecule has 0 amide bonds. The van der Waals surface area contributed by atoms with Crippen molar-refractivity contribution in [3.8, 4) is 0 Å². The Morgan fingerprint density at radius 1 is 0.529 bits per heavy atom. The lowest BCUT2D eigenvalue weighted by Crippen LogP contribution is -2.36. The summed E-state index contributed by atoms with van der Waals surface area (Å²) in [5.74, 6) is -0.393. The molecule has 0 radical (unpaired) electrons. The SMILES string of the molecule is CCCCCC(CCCCC)(COC(C)=O)SSC(CCCCC)(CCCCC)COC(C)=O. The minimum absolute atomic E-state index is 0.0857. The monoisotopic (exact) mass is 518 g/mol. The molecule has 6 heteroatoms. The van der Waals surface area contributed by atoms with Gasteiger partial charge in [-0.1, -0.05) is 126 Å². The Bertz CT molecular complexity index is 459. The van der Waals surface area contributed by atoms with Crippen molar-refractivity contribution in [2.45, 2.75) is 154 Å². The molecular weight excluding hydrogens is 464 g/mol. The minimum atomic E-state index is -0.196. The number of hydrogen-bond donors (Lipinski definition) is 0. The van der Waals surface area contributed by atoms with Crippen molar-refractivity contribution in [1.29, 1.82) is 0 Å². The van der Waals surface area contributed by atoms with Crippen LogP contribution in [-0.4, -0.2) is 34.6 Å². The Balaban J connectivity index is 5.82. The molecule has 0 rings (SSSR count). The van der Waals surface area contributed by atoms with E-state index < -0.39 is 0 Å². The van der Waals surface area contributed by atoms with Gasteiger partial charge in [0.2, 0.25) is 0 Å². The van der Waals surface area contributed by atoms with Crippen LogP contribution in [0.2, 0.25) is 0 Å². The molecule has 0 N–H and O–H groups in total. The van der Waals surface area contributed by atoms with Gasteiger partial charge in [0.1, 0.15) is 13.2 Å². The van der Waals surface area contributed by atoms with Crippen molar-refractivity contribution in [3.63, 3.8) is 0 Å². The Labute approximate surface area is 219 Å². The fourth-order valence-electron chi connectivity index (χ4n) is 4.19. The third kappa shape index (κ3) is 16.3. The zero-order chi connectivity index (χ0) is 25.7. The summed E-state index contributed by atoms with van der Waals surface area (Å²) in [5, 5.41) is 0. The van der Waals surface area contributed by atoms with Crippen molar-refractivity contribution in [2.24, 2.45) is 0 Å². The highest BCUT2D eigenvalue weighted by atomic mass is 33.1. The summed E-state index contributed by atoms with van der Waals surface area (Å²) < 4.78 is 11.2. The number of carbonyl (C=O) groups excluding carboxylic acids is 2. The van der Waals surface area contributed by atoms with E-state index in [-0.39, 0.29) is 21.4 Å². The van der Waals surface area contributed by atoms with E-state index in [0.29, 0.717) is 13.2 Å². The molecule has 0 saturated heterocycles. The highest BCUT2D eigenvalue weighted by Gasteiger charge is 2.39. The molecule has 0 aliphatic rings. The van der Waals surface area contributed by atoms with E-state index in [0.717, 1.165) is 51.4 Å². The molecule has 34 heavy (non-hydrogen) atoms. The lowest BCUT2D eigenvalue weighted by atomic mass is 9.94. The molecular formula is C28H54O4S2. The van der Waals surface area contributed by atoms with E-state index in [4.69, 9.17) is 9.47 Å². The lowest BCUT2D eigenvalue weighted by molar-refractivity contribution is -0.142. The molecule has 0 aliphatic carbocycles. The zero-order valence-corrected chi connectivity index (χ0v) is 24.8. The normalized spacial score (nSPS) is 12.1. The van der Waals surface area contributed by atoms with Crippen molar-refractivity contribution < 1.29 is 19.1 Å². The van der Waals surface area contributed by atoms with Gasteiger partial charge in [0.15, 0.2) is 0 Å². The molecule has 0 saturated carbocycles. The highest BCUT2D eigenvalue weighted by Crippen LogP contribution is 2.52. The summed E-state index contributed by atoms with van der Waals surface area (Å²) in [5.41, 5.74) is 0. The topological polar surface area (TPSA) is 52.6 Å². The third-order valence-corrected chi connectivity index (χ3v) is 10.6. The number of ether oxygens (including phenoxy) is 2. The average Bonchev–Trinajstić information content (AvgIpc) is 2.80. The van der Waals surface area contributed by atoms with Crippen molar-refractivity contribution in [2.75, 3.05) is 13.2 Å². The van der Waals surface area contributed by atoms with Gasteiger partial charge in [-0.25, -0.2) is 0 Å². The quantitative estimate of drug-likeness (QED) is 0.0763. The Hall–Kier alpha value is -0.360. The van der Waals surface area contributed by atoms with Crippen LogP contribution in [0, 0.1) is 0 Å². The molecule has 0 aromatic carbocycles. The lowest BCUT2D eigenvalue weighted by Gasteiger charge is -2.38. The summed E-state index contributed by atoms with van der Waals surface area (Å²) in [4.78, 5) is 23.6. The van der Waals surface area contributed by atoms with Gasteiger partial charge >= 0.3 is 11.9 Å². The second-order valence-corrected chi connectivity index (χ2v) is 13.0. The van der Waals surface area contributed by atoms with Crippen molar-refractivity contribution in [1.82, 2.24) is 0 Å². The van der Waals surface area contributed by atoms with Crippen LogP contribution in [0.3, 0.4) is 0 Å². The molecule has 0 heterocycles. The standard InChI is InChI=1S/C28H54O4S2/c1-7-11-15-19-27(20-16-12-8-2,23-31-25(5)29)33-34-28(21-17-13-9-3,22-18-14-10-4)24-32-26(6)30/h7-24H2,1-6H3. The average molecular weight is 519 g/mol. The van der Waals surface area contributed by atoms with Crippen LogP contribution in [0.1, 0.15) is 144 Å². The fraction of sp³-hybridized carbons (Fsp3) is 0.929. The van der Waals surface area contributed by atoms with Crippen LogP contribution in [0.25, 0.3) is 0 Å². The maximum Gasteiger partial charge on any atom is 0.302 e. The van der Waals surface area contributed by atoms with Gasteiger partial charge < -0.3 is 9.47 Å². The van der Waals surface area contributed by atoms with Gasteiger partial charge in [-0.05, 0) is 25.7 Å². The Morgan fingerprint density at radius 2 is 0.794 bits per heavy atom. The summed E-state index contributed by atoms with van der Waals surface area (Å²) in [6, 6.07) is 0. The highest BCUT2D eigenvalue weighted by molar-refractivity contribution is 8.77. The van der Waals surface area contributed by atoms with Crippen LogP contribution in [0.5, 0.6) is 0 Å². The minimum Gasteiger partial charge on any atom is -0.464 e. The first kappa shape index (κ1) is 33.6. The van der Waals surface area contributed by atoms with Crippen LogP contribution in [0.15, 0.2) is 0 Å². The van der Waals surface area contributed by atoms with Gasteiger partial charge in [0.05, 0.1) is 9.49 Å². The number of hydrogen-bond acceptors (Lipinski definition) is 6. The molecule has 4 nitrogen and oxygen atoms in total. The second kappa shape index (κ2) is 20.8. The van der Waals surface area contributed by atoms with Gasteiger partial charge in [-0.2, -0.15) is 0 Å². The maximum absolute atomic E-state index is 11.8. The first-order valence-corrected chi connectivity index (χ1v) is 16.1. The fourth-order valence-corrected chi connectivity index (χ4v) is 8.01. The van der Waals surface area contributed by atoms with Crippen LogP contribution < -0.4 is 0 Å². The number of unbranched alkanes of at least 4 members (excludes halogenated alkanes) is 8. The molecule has 0 bridgehead atoms. The van der Waals surface area contributed by atoms with Crippen molar-refractivity contribution in [3.05, 3.63) is 0 Å². The van der Waals surface area contributed by atoms with Crippen LogP contribution in [0.4, 0.5) is 0 Å². The zero-order valence-electron chi connectivity index (χ0n) is 23.2. The molecule has 0 unspecified atom stereocenters. The smallest absolute Gasteiger partial charge is 0.302 e.